The van der Waals surface area contributed by atoms with Gasteiger partial charge in [-0.15, -0.1) is 0 Å². The Morgan fingerprint density at radius 3 is 2.36 bits per heavy atom. The fraction of sp³-hybridized carbons (Fsp3) is 0.875. The van der Waals surface area contributed by atoms with Gasteiger partial charge in [-0.3, -0.25) is 4.79 Å². The molecule has 0 aromatic rings. The summed E-state index contributed by atoms with van der Waals surface area (Å²) in [7, 11) is -1.37. The highest BCUT2D eigenvalue weighted by Crippen LogP contribution is 2.12. The minimum absolute atomic E-state index is 0.0954. The lowest BCUT2D eigenvalue weighted by Gasteiger charge is -2.36. The summed E-state index contributed by atoms with van der Waals surface area (Å²) in [5.41, 5.74) is 0. The van der Waals surface area contributed by atoms with Gasteiger partial charge in [-0.05, 0) is 14.0 Å². The van der Waals surface area contributed by atoms with Gasteiger partial charge in [0.1, 0.15) is 5.78 Å². The van der Waals surface area contributed by atoms with Crippen LogP contribution in [-0.2, 0) is 14.8 Å². The number of Topliss-reactive ketones (excluding diaryl/α,β-unsaturated/α-hetero) is 1. The molecule has 1 heterocycles. The third-order valence-corrected chi connectivity index (χ3v) is 3.72. The van der Waals surface area contributed by atoms with Gasteiger partial charge in [0.05, 0.1) is 12.3 Å². The molecule has 82 valence electrons. The molecule has 1 saturated heterocycles. The quantitative estimate of drug-likeness (QED) is 0.608. The Morgan fingerprint density at radius 2 is 1.93 bits per heavy atom. The SMILES string of the molecule is CC(=O)C1CN(C)CCN1S(C)(=O)=O. The van der Waals surface area contributed by atoms with E-state index in [1.165, 1.54) is 11.2 Å². The molecule has 0 spiro atoms. The molecule has 1 aliphatic rings. The minimum atomic E-state index is -3.26. The smallest absolute Gasteiger partial charge is 0.211 e. The van der Waals surface area contributed by atoms with E-state index < -0.39 is 16.1 Å². The van der Waals surface area contributed by atoms with Gasteiger partial charge in [0.15, 0.2) is 0 Å². The first kappa shape index (κ1) is 11.6. The Morgan fingerprint density at radius 1 is 1.36 bits per heavy atom. The topological polar surface area (TPSA) is 57.7 Å². The molecule has 0 aromatic heterocycles. The zero-order valence-electron chi connectivity index (χ0n) is 8.73. The molecular weight excluding hydrogens is 204 g/mol. The van der Waals surface area contributed by atoms with Gasteiger partial charge in [-0.1, -0.05) is 0 Å². The van der Waals surface area contributed by atoms with E-state index in [1.807, 2.05) is 11.9 Å². The van der Waals surface area contributed by atoms with Crippen molar-refractivity contribution in [3.8, 4) is 0 Å². The number of piperazine rings is 1. The Bertz CT molecular complexity index is 325. The molecule has 1 rings (SSSR count). The van der Waals surface area contributed by atoms with E-state index in [1.54, 1.807) is 0 Å². The van der Waals surface area contributed by atoms with Crippen LogP contribution in [0.1, 0.15) is 6.92 Å². The van der Waals surface area contributed by atoms with Crippen LogP contribution in [0.2, 0.25) is 0 Å². The predicted octanol–water partition coefficient (Wildman–Crippen LogP) is -0.849. The van der Waals surface area contributed by atoms with Crippen molar-refractivity contribution in [2.24, 2.45) is 0 Å². The maximum Gasteiger partial charge on any atom is 0.211 e. The molecular formula is C8H16N2O3S. The van der Waals surface area contributed by atoms with Gasteiger partial charge in [-0.25, -0.2) is 8.42 Å². The van der Waals surface area contributed by atoms with E-state index in [0.29, 0.717) is 19.6 Å². The van der Waals surface area contributed by atoms with Crippen LogP contribution in [0, 0.1) is 0 Å². The minimum Gasteiger partial charge on any atom is -0.303 e. The standard InChI is InChI=1S/C8H16N2O3S/c1-7(11)8-6-9(2)4-5-10(8)14(3,12)13/h8H,4-6H2,1-3H3. The number of hydrogen-bond acceptors (Lipinski definition) is 4. The Hall–Kier alpha value is -0.460. The molecule has 5 nitrogen and oxygen atoms in total. The van der Waals surface area contributed by atoms with Crippen LogP contribution in [0.3, 0.4) is 0 Å². The molecule has 0 radical (unpaired) electrons. The molecule has 1 fully saturated rings. The van der Waals surface area contributed by atoms with Crippen molar-refractivity contribution in [1.29, 1.82) is 0 Å². The van der Waals surface area contributed by atoms with Gasteiger partial charge >= 0.3 is 0 Å². The second kappa shape index (κ2) is 3.96. The molecule has 1 unspecified atom stereocenters. The van der Waals surface area contributed by atoms with Gasteiger partial charge in [0.2, 0.25) is 10.0 Å². The summed E-state index contributed by atoms with van der Waals surface area (Å²) in [4.78, 5) is 13.2. The van der Waals surface area contributed by atoms with Crippen LogP contribution in [0.15, 0.2) is 0 Å². The van der Waals surface area contributed by atoms with E-state index in [0.717, 1.165) is 6.26 Å². The third kappa shape index (κ3) is 2.52. The van der Waals surface area contributed by atoms with Gasteiger partial charge < -0.3 is 4.90 Å². The molecule has 0 aromatic carbocycles. The van der Waals surface area contributed by atoms with Crippen molar-refractivity contribution < 1.29 is 13.2 Å². The zero-order chi connectivity index (χ0) is 10.9. The third-order valence-electron chi connectivity index (χ3n) is 2.43. The normalized spacial score (nSPS) is 26.4. The summed E-state index contributed by atoms with van der Waals surface area (Å²) < 4.78 is 24.0. The summed E-state index contributed by atoms with van der Waals surface area (Å²) in [6.45, 7) is 3.00. The van der Waals surface area contributed by atoms with E-state index in [9.17, 15) is 13.2 Å². The first-order valence-corrected chi connectivity index (χ1v) is 6.33. The lowest BCUT2D eigenvalue weighted by atomic mass is 10.1. The maximum absolute atomic E-state index is 11.4. The second-order valence-electron chi connectivity index (χ2n) is 3.76. The highest BCUT2D eigenvalue weighted by molar-refractivity contribution is 7.88. The van der Waals surface area contributed by atoms with Crippen molar-refractivity contribution in [3.05, 3.63) is 0 Å². The number of sulfonamides is 1. The Balaban J connectivity index is 2.89. The van der Waals surface area contributed by atoms with E-state index in [2.05, 4.69) is 0 Å². The molecule has 1 aliphatic heterocycles. The van der Waals surface area contributed by atoms with E-state index >= 15 is 0 Å². The lowest BCUT2D eigenvalue weighted by Crippen LogP contribution is -2.56. The number of nitrogens with zero attached hydrogens (tertiary/aromatic N) is 2. The van der Waals surface area contributed by atoms with Gasteiger partial charge in [0, 0.05) is 19.6 Å². The number of hydrogen-bond donors (Lipinski definition) is 0. The summed E-state index contributed by atoms with van der Waals surface area (Å²) in [6.07, 6.45) is 1.15. The van der Waals surface area contributed by atoms with Gasteiger partial charge in [-0.2, -0.15) is 4.31 Å². The van der Waals surface area contributed by atoms with Crippen LogP contribution in [0.4, 0.5) is 0 Å². The van der Waals surface area contributed by atoms with Crippen molar-refractivity contribution in [2.75, 3.05) is 32.9 Å². The predicted molar refractivity (Wildman–Crippen MR) is 53.5 cm³/mol. The second-order valence-corrected chi connectivity index (χ2v) is 5.70. The number of rotatable bonds is 2. The number of carbonyl (C=O) groups excluding carboxylic acids is 1. The van der Waals surface area contributed by atoms with Crippen molar-refractivity contribution in [3.63, 3.8) is 0 Å². The van der Waals surface area contributed by atoms with Crippen LogP contribution >= 0.6 is 0 Å². The first-order valence-electron chi connectivity index (χ1n) is 4.48. The molecule has 6 heteroatoms. The van der Waals surface area contributed by atoms with Crippen LogP contribution in [0.5, 0.6) is 0 Å². The first-order chi connectivity index (χ1) is 6.32. The van der Waals surface area contributed by atoms with Crippen molar-refractivity contribution in [1.82, 2.24) is 9.21 Å². The molecule has 0 saturated carbocycles. The van der Waals surface area contributed by atoms with E-state index in [4.69, 9.17) is 0 Å². The van der Waals surface area contributed by atoms with E-state index in [-0.39, 0.29) is 5.78 Å². The molecule has 1 atom stereocenters. The van der Waals surface area contributed by atoms with Crippen LogP contribution in [-0.4, -0.2) is 62.4 Å². The Kier molecular flexibility index (Phi) is 3.28. The van der Waals surface area contributed by atoms with Gasteiger partial charge in [0.25, 0.3) is 0 Å². The molecule has 0 aliphatic carbocycles. The maximum atomic E-state index is 11.4. The van der Waals surface area contributed by atoms with Crippen LogP contribution < -0.4 is 0 Å². The monoisotopic (exact) mass is 220 g/mol. The lowest BCUT2D eigenvalue weighted by molar-refractivity contribution is -0.122. The highest BCUT2D eigenvalue weighted by Gasteiger charge is 2.34. The van der Waals surface area contributed by atoms with Crippen LogP contribution in [0.25, 0.3) is 0 Å². The summed E-state index contributed by atoms with van der Waals surface area (Å²) in [6, 6.07) is -0.510. The largest absolute Gasteiger partial charge is 0.303 e. The highest BCUT2D eigenvalue weighted by atomic mass is 32.2. The van der Waals surface area contributed by atoms with Crippen molar-refractivity contribution >= 4 is 15.8 Å². The number of ketones is 1. The number of carbonyl (C=O) groups is 1. The molecule has 0 amide bonds. The summed E-state index contributed by atoms with van der Waals surface area (Å²) in [5, 5.41) is 0. The molecule has 0 N–H and O–H groups in total. The van der Waals surface area contributed by atoms with Crippen molar-refractivity contribution in [2.45, 2.75) is 13.0 Å². The Labute approximate surface area is 84.7 Å². The molecule has 14 heavy (non-hydrogen) atoms. The average molecular weight is 220 g/mol. The summed E-state index contributed by atoms with van der Waals surface area (Å²) >= 11 is 0. The zero-order valence-corrected chi connectivity index (χ0v) is 9.54. The summed E-state index contributed by atoms with van der Waals surface area (Å²) in [5.74, 6) is -0.0954. The fourth-order valence-electron chi connectivity index (χ4n) is 1.63. The average Bonchev–Trinajstić information content (AvgIpc) is 2.01. The molecule has 0 bridgehead atoms. The number of likely N-dealkylation sites (N-methyl/N-ethyl adjacent to an activating group) is 1. The fourth-order valence-corrected chi connectivity index (χ4v) is 2.72.